The number of piperidine rings is 2. The number of ketones is 1. The molecule has 2 aromatic rings. The van der Waals surface area contributed by atoms with Gasteiger partial charge in [0.1, 0.15) is 11.5 Å². The Balaban J connectivity index is 1.60. The minimum absolute atomic E-state index is 0.0111. The van der Waals surface area contributed by atoms with E-state index in [0.717, 1.165) is 31.6 Å². The highest BCUT2D eigenvalue weighted by Gasteiger charge is 2.37. The average Bonchev–Trinajstić information content (AvgIpc) is 3.09. The highest BCUT2D eigenvalue weighted by atomic mass is 16.5. The van der Waals surface area contributed by atoms with E-state index in [-0.39, 0.29) is 17.9 Å². The Morgan fingerprint density at radius 3 is 2.20 bits per heavy atom. The predicted octanol–water partition coefficient (Wildman–Crippen LogP) is 6.02. The molecule has 44 heavy (non-hydrogen) atoms. The van der Waals surface area contributed by atoms with E-state index in [2.05, 4.69) is 9.80 Å². The number of carbonyl (C=O) groups is 1. The summed E-state index contributed by atoms with van der Waals surface area (Å²) in [7, 11) is 6.32. The number of rotatable bonds is 16. The third-order valence-electron chi connectivity index (χ3n) is 9.58. The summed E-state index contributed by atoms with van der Waals surface area (Å²) in [5, 5.41) is 17.0. The molecular formula is C35H50N4O5. The number of methoxy groups -OCH3 is 4. The molecular weight excluding hydrogens is 556 g/mol. The van der Waals surface area contributed by atoms with E-state index in [1.807, 2.05) is 18.2 Å². The molecule has 2 heterocycles. The summed E-state index contributed by atoms with van der Waals surface area (Å²) < 4.78 is 22.0. The molecule has 2 fully saturated rings. The largest absolute Gasteiger partial charge is 0.497 e. The summed E-state index contributed by atoms with van der Waals surface area (Å²) in [6, 6.07) is 11.6. The summed E-state index contributed by atoms with van der Waals surface area (Å²) in [5.74, 6) is 1.84. The van der Waals surface area contributed by atoms with Gasteiger partial charge in [0.15, 0.2) is 11.5 Å². The first-order valence-corrected chi connectivity index (χ1v) is 15.9. The van der Waals surface area contributed by atoms with Crippen LogP contribution in [-0.2, 0) is 5.41 Å². The Morgan fingerprint density at radius 2 is 1.57 bits per heavy atom. The third-order valence-corrected chi connectivity index (χ3v) is 9.58. The van der Waals surface area contributed by atoms with E-state index in [4.69, 9.17) is 29.8 Å². The number of carbonyl (C=O) groups excluding carboxylic acids is 1. The molecule has 0 aromatic heterocycles. The van der Waals surface area contributed by atoms with Crippen LogP contribution < -0.4 is 18.9 Å². The molecule has 2 aromatic carbocycles. The van der Waals surface area contributed by atoms with E-state index < -0.39 is 5.41 Å². The summed E-state index contributed by atoms with van der Waals surface area (Å²) in [6.45, 7) is 5.41. The number of likely N-dealkylation sites (tertiary alicyclic amines) is 2. The topological polar surface area (TPSA) is 108 Å². The first-order valence-electron chi connectivity index (χ1n) is 15.9. The Morgan fingerprint density at radius 1 is 0.864 bits per heavy atom. The van der Waals surface area contributed by atoms with Crippen molar-refractivity contribution >= 4 is 17.7 Å². The van der Waals surface area contributed by atoms with Gasteiger partial charge in [-0.25, -0.2) is 0 Å². The molecule has 4 rings (SSSR count). The van der Waals surface area contributed by atoms with Crippen molar-refractivity contribution in [2.75, 3.05) is 61.2 Å². The molecule has 0 unspecified atom stereocenters. The molecule has 0 amide bonds. The molecule has 2 N–H and O–H groups in total. The summed E-state index contributed by atoms with van der Waals surface area (Å²) >= 11 is 0. The van der Waals surface area contributed by atoms with Crippen molar-refractivity contribution in [3.8, 4) is 23.0 Å². The maximum absolute atomic E-state index is 13.8. The van der Waals surface area contributed by atoms with E-state index in [9.17, 15) is 4.79 Å². The molecule has 0 bridgehead atoms. The fraction of sp³-hybridized carbons (Fsp3) is 0.571. The Kier molecular flexibility index (Phi) is 12.2. The Hall–Kier alpha value is -3.43. The molecule has 9 nitrogen and oxygen atoms in total. The number of ether oxygens (including phenoxy) is 4. The zero-order valence-corrected chi connectivity index (χ0v) is 27.0. The lowest BCUT2D eigenvalue weighted by atomic mass is 9.69. The second kappa shape index (κ2) is 16.0. The van der Waals surface area contributed by atoms with Crippen LogP contribution in [0.1, 0.15) is 73.7 Å². The Labute approximate surface area is 262 Å². The minimum Gasteiger partial charge on any atom is -0.497 e. The number of hydrogen-bond donors (Lipinski definition) is 2. The van der Waals surface area contributed by atoms with E-state index in [1.165, 1.54) is 58.5 Å². The molecule has 9 heteroatoms. The normalized spacial score (nSPS) is 17.8. The van der Waals surface area contributed by atoms with Gasteiger partial charge in [-0.1, -0.05) is 12.5 Å². The fourth-order valence-electron chi connectivity index (χ4n) is 6.94. The van der Waals surface area contributed by atoms with Crippen molar-refractivity contribution < 1.29 is 23.7 Å². The SMILES string of the molecule is COc1ccc(C(=O)C(=N)C[C@](CCC=N)(CCN2CCC(N3CCCCC3)CC2)c2ccc(OC)c(OC)c2)c(OC)c1. The Bertz CT molecular complexity index is 1270. The molecule has 2 aliphatic rings. The summed E-state index contributed by atoms with van der Waals surface area (Å²) in [6.07, 6.45) is 9.91. The van der Waals surface area contributed by atoms with Crippen LogP contribution >= 0.6 is 0 Å². The second-order valence-corrected chi connectivity index (χ2v) is 12.1. The zero-order chi connectivity index (χ0) is 31.5. The average molecular weight is 607 g/mol. The van der Waals surface area contributed by atoms with Crippen LogP contribution in [0.15, 0.2) is 36.4 Å². The summed E-state index contributed by atoms with van der Waals surface area (Å²) in [5.41, 5.74) is 0.774. The number of nitrogens with one attached hydrogen (secondary N) is 2. The van der Waals surface area contributed by atoms with Gasteiger partial charge in [0.25, 0.3) is 0 Å². The van der Waals surface area contributed by atoms with Gasteiger partial charge in [0.2, 0.25) is 5.78 Å². The standard InChI is InChI=1S/C35H50N4O5/c1-41-28-10-11-29(32(24-28)43-3)34(40)30(37)25-35(15-8-17-36,26-9-12-31(42-2)33(23-26)44-4)16-22-38-20-13-27(14-21-38)39-18-6-5-7-19-39/h9-12,17,23-24,27,36-37H,5-8,13-16,18-22,25H2,1-4H3/t35-/m0/s1. The van der Waals surface area contributed by atoms with Gasteiger partial charge in [0, 0.05) is 23.9 Å². The molecule has 2 aliphatic heterocycles. The van der Waals surface area contributed by atoms with Crippen LogP contribution in [0.5, 0.6) is 23.0 Å². The van der Waals surface area contributed by atoms with Crippen LogP contribution in [0, 0.1) is 10.8 Å². The maximum atomic E-state index is 13.8. The molecule has 0 radical (unpaired) electrons. The molecule has 0 aliphatic carbocycles. The highest BCUT2D eigenvalue weighted by Crippen LogP contribution is 2.42. The van der Waals surface area contributed by atoms with Crippen molar-refractivity contribution in [3.63, 3.8) is 0 Å². The number of Topliss-reactive ketones (excluding diaryl/α,β-unsaturated/α-hetero) is 1. The van der Waals surface area contributed by atoms with Gasteiger partial charge >= 0.3 is 0 Å². The summed E-state index contributed by atoms with van der Waals surface area (Å²) in [4.78, 5) is 19.0. The lowest BCUT2D eigenvalue weighted by molar-refractivity contribution is 0.0883. The van der Waals surface area contributed by atoms with Gasteiger partial charge in [-0.2, -0.15) is 0 Å². The van der Waals surface area contributed by atoms with Crippen LogP contribution in [-0.4, -0.2) is 94.7 Å². The van der Waals surface area contributed by atoms with Gasteiger partial charge in [-0.05, 0) is 114 Å². The molecule has 1 atom stereocenters. The number of benzene rings is 2. The number of hydrogen-bond acceptors (Lipinski definition) is 9. The van der Waals surface area contributed by atoms with Crippen LogP contribution in [0.3, 0.4) is 0 Å². The van der Waals surface area contributed by atoms with Crippen molar-refractivity contribution in [1.82, 2.24) is 9.80 Å². The van der Waals surface area contributed by atoms with Crippen molar-refractivity contribution in [2.24, 2.45) is 0 Å². The van der Waals surface area contributed by atoms with Gasteiger partial charge in [-0.15, -0.1) is 0 Å². The van der Waals surface area contributed by atoms with E-state index in [0.29, 0.717) is 47.4 Å². The van der Waals surface area contributed by atoms with E-state index in [1.54, 1.807) is 39.5 Å². The highest BCUT2D eigenvalue weighted by molar-refractivity contribution is 6.45. The fourth-order valence-corrected chi connectivity index (χ4v) is 6.94. The minimum atomic E-state index is -0.562. The van der Waals surface area contributed by atoms with Crippen molar-refractivity contribution in [2.45, 2.75) is 69.2 Å². The predicted molar refractivity (Wildman–Crippen MR) is 175 cm³/mol. The van der Waals surface area contributed by atoms with Crippen molar-refractivity contribution in [3.05, 3.63) is 47.5 Å². The van der Waals surface area contributed by atoms with E-state index >= 15 is 0 Å². The quantitative estimate of drug-likeness (QED) is 0.178. The third kappa shape index (κ3) is 7.99. The lowest BCUT2D eigenvalue weighted by Crippen LogP contribution is -2.47. The van der Waals surface area contributed by atoms with Crippen LogP contribution in [0.2, 0.25) is 0 Å². The first kappa shape index (κ1) is 33.5. The maximum Gasteiger partial charge on any atom is 0.210 e. The lowest BCUT2D eigenvalue weighted by Gasteiger charge is -2.42. The molecule has 2 saturated heterocycles. The van der Waals surface area contributed by atoms with Gasteiger partial charge in [-0.3, -0.25) is 4.79 Å². The number of nitrogens with zero attached hydrogens (tertiary/aromatic N) is 2. The van der Waals surface area contributed by atoms with Gasteiger partial charge in [0.05, 0.1) is 39.7 Å². The van der Waals surface area contributed by atoms with Crippen LogP contribution in [0.4, 0.5) is 0 Å². The van der Waals surface area contributed by atoms with Crippen molar-refractivity contribution in [1.29, 1.82) is 10.8 Å². The second-order valence-electron chi connectivity index (χ2n) is 12.1. The van der Waals surface area contributed by atoms with Crippen LogP contribution in [0.25, 0.3) is 0 Å². The smallest absolute Gasteiger partial charge is 0.210 e. The zero-order valence-electron chi connectivity index (χ0n) is 27.0. The van der Waals surface area contributed by atoms with Gasteiger partial charge < -0.3 is 39.6 Å². The first-order chi connectivity index (χ1) is 21.4. The monoisotopic (exact) mass is 606 g/mol. The molecule has 240 valence electrons. The molecule has 0 saturated carbocycles. The molecule has 0 spiro atoms.